The Hall–Kier alpha value is -1.14. The highest BCUT2D eigenvalue weighted by atomic mass is 16.5. The zero-order valence-corrected chi connectivity index (χ0v) is 16.1. The molecule has 6 nitrogen and oxygen atoms in total. The molecule has 0 aromatic heterocycles. The average molecular weight is 339 g/mol. The molecule has 0 aliphatic carbocycles. The largest absolute Gasteiger partial charge is 0.383 e. The third-order valence-electron chi connectivity index (χ3n) is 5.43. The first-order valence-electron chi connectivity index (χ1n) is 9.00. The number of hydrogen-bond acceptors (Lipinski definition) is 4. The second kappa shape index (κ2) is 6.64. The topological polar surface area (TPSA) is 61.9 Å². The van der Waals surface area contributed by atoms with Crippen molar-refractivity contribution in [2.24, 2.45) is 0 Å². The van der Waals surface area contributed by atoms with Gasteiger partial charge in [0.05, 0.1) is 6.61 Å². The van der Waals surface area contributed by atoms with Crippen LogP contribution in [0.1, 0.15) is 60.3 Å². The molecule has 2 aliphatic rings. The zero-order chi connectivity index (χ0) is 18.2. The molecule has 0 atom stereocenters. The Balaban J connectivity index is 2.27. The summed E-state index contributed by atoms with van der Waals surface area (Å²) in [5.74, 6) is -0.0477. The molecule has 138 valence electrons. The average Bonchev–Trinajstić information content (AvgIpc) is 2.65. The van der Waals surface area contributed by atoms with E-state index in [2.05, 4.69) is 44.8 Å². The number of likely N-dealkylation sites (tertiary alicyclic amines) is 1. The van der Waals surface area contributed by atoms with Crippen LogP contribution in [-0.2, 0) is 9.53 Å². The van der Waals surface area contributed by atoms with Gasteiger partial charge in [0.15, 0.2) is 0 Å². The minimum absolute atomic E-state index is 0.0477. The minimum Gasteiger partial charge on any atom is -0.383 e. The number of nitrogens with one attached hydrogen (secondary N) is 1. The van der Waals surface area contributed by atoms with Crippen LogP contribution in [0.4, 0.5) is 4.79 Å². The number of ether oxygens (including phenoxy) is 1. The van der Waals surface area contributed by atoms with Gasteiger partial charge in [0.2, 0.25) is 0 Å². The van der Waals surface area contributed by atoms with Crippen LogP contribution in [0.25, 0.3) is 0 Å². The second-order valence-corrected chi connectivity index (χ2v) is 8.45. The lowest BCUT2D eigenvalue weighted by atomic mass is 9.69. The highest BCUT2D eigenvalue weighted by Crippen LogP contribution is 2.45. The Kier molecular flexibility index (Phi) is 5.31. The van der Waals surface area contributed by atoms with Gasteiger partial charge in [-0.3, -0.25) is 14.6 Å². The predicted octanol–water partition coefficient (Wildman–Crippen LogP) is 2.38. The summed E-state index contributed by atoms with van der Waals surface area (Å²) in [5, 5.41) is 3.05. The standard InChI is InChI=1S/C18H33N3O3/c1-7-8-9-20-14(22)18(19-15(20)23)12-16(2,3)21(10-11-24-6)17(4,5)13-18/h7-13H2,1-6H3,(H,19,23). The molecule has 24 heavy (non-hydrogen) atoms. The van der Waals surface area contributed by atoms with Gasteiger partial charge in [-0.15, -0.1) is 0 Å². The van der Waals surface area contributed by atoms with Crippen molar-refractivity contribution in [1.29, 1.82) is 0 Å². The van der Waals surface area contributed by atoms with Crippen LogP contribution in [0, 0.1) is 0 Å². The Bertz CT molecular complexity index is 484. The number of hydrogen-bond donors (Lipinski definition) is 1. The first-order chi connectivity index (χ1) is 11.1. The van der Waals surface area contributed by atoms with Crippen molar-refractivity contribution < 1.29 is 14.3 Å². The normalized spacial score (nSPS) is 25.3. The Morgan fingerprint density at radius 2 is 1.67 bits per heavy atom. The fraction of sp³-hybridized carbons (Fsp3) is 0.889. The maximum atomic E-state index is 13.1. The van der Waals surface area contributed by atoms with Gasteiger partial charge in [0.25, 0.3) is 5.91 Å². The van der Waals surface area contributed by atoms with Crippen molar-refractivity contribution in [3.8, 4) is 0 Å². The fourth-order valence-corrected chi connectivity index (χ4v) is 4.77. The van der Waals surface area contributed by atoms with E-state index in [9.17, 15) is 9.59 Å². The van der Waals surface area contributed by atoms with Gasteiger partial charge in [-0.05, 0) is 47.0 Å². The van der Waals surface area contributed by atoms with Crippen LogP contribution in [-0.4, -0.2) is 65.2 Å². The van der Waals surface area contributed by atoms with E-state index >= 15 is 0 Å². The molecule has 2 heterocycles. The molecule has 3 amide bonds. The van der Waals surface area contributed by atoms with E-state index in [1.807, 2.05) is 0 Å². The number of urea groups is 1. The summed E-state index contributed by atoms with van der Waals surface area (Å²) in [6.45, 7) is 12.7. The van der Waals surface area contributed by atoms with E-state index in [1.54, 1.807) is 7.11 Å². The number of rotatable bonds is 6. The van der Waals surface area contributed by atoms with Crippen molar-refractivity contribution >= 4 is 11.9 Å². The molecular weight excluding hydrogens is 306 g/mol. The molecule has 0 aromatic rings. The van der Waals surface area contributed by atoms with Crippen molar-refractivity contribution in [2.45, 2.75) is 76.9 Å². The first-order valence-corrected chi connectivity index (χ1v) is 9.00. The molecule has 2 aliphatic heterocycles. The number of methoxy groups -OCH3 is 1. The van der Waals surface area contributed by atoms with Gasteiger partial charge in [-0.25, -0.2) is 4.79 Å². The molecule has 2 saturated heterocycles. The summed E-state index contributed by atoms with van der Waals surface area (Å²) >= 11 is 0. The molecule has 0 bridgehead atoms. The van der Waals surface area contributed by atoms with E-state index in [-0.39, 0.29) is 23.0 Å². The maximum absolute atomic E-state index is 13.1. The summed E-state index contributed by atoms with van der Waals surface area (Å²) < 4.78 is 5.26. The number of amides is 3. The Labute approximate surface area is 145 Å². The monoisotopic (exact) mass is 339 g/mol. The van der Waals surface area contributed by atoms with Crippen LogP contribution in [0.5, 0.6) is 0 Å². The summed E-state index contributed by atoms with van der Waals surface area (Å²) in [7, 11) is 1.71. The zero-order valence-electron chi connectivity index (χ0n) is 16.1. The molecule has 0 radical (unpaired) electrons. The molecule has 1 spiro atoms. The molecule has 0 aromatic carbocycles. The number of carbonyl (C=O) groups excluding carboxylic acids is 2. The van der Waals surface area contributed by atoms with Gasteiger partial charge in [0, 0.05) is 31.3 Å². The van der Waals surface area contributed by atoms with Gasteiger partial charge in [-0.1, -0.05) is 13.3 Å². The number of unbranched alkanes of at least 4 members (excludes halogenated alkanes) is 1. The van der Waals surface area contributed by atoms with Crippen LogP contribution in [0.2, 0.25) is 0 Å². The first kappa shape index (κ1) is 19.2. The van der Waals surface area contributed by atoms with Crippen molar-refractivity contribution in [3.63, 3.8) is 0 Å². The molecule has 2 fully saturated rings. The Morgan fingerprint density at radius 1 is 1.08 bits per heavy atom. The second-order valence-electron chi connectivity index (χ2n) is 8.45. The molecule has 0 saturated carbocycles. The predicted molar refractivity (Wildman–Crippen MR) is 93.9 cm³/mol. The van der Waals surface area contributed by atoms with Gasteiger partial charge >= 0.3 is 6.03 Å². The van der Waals surface area contributed by atoms with Crippen molar-refractivity contribution in [2.75, 3.05) is 26.8 Å². The van der Waals surface area contributed by atoms with E-state index in [0.29, 0.717) is 26.0 Å². The van der Waals surface area contributed by atoms with Gasteiger partial charge in [-0.2, -0.15) is 0 Å². The van der Waals surface area contributed by atoms with Crippen LogP contribution >= 0.6 is 0 Å². The maximum Gasteiger partial charge on any atom is 0.325 e. The lowest BCUT2D eigenvalue weighted by Crippen LogP contribution is -2.70. The third-order valence-corrected chi connectivity index (χ3v) is 5.43. The smallest absolute Gasteiger partial charge is 0.325 e. The molecule has 6 heteroatoms. The number of carbonyl (C=O) groups is 2. The van der Waals surface area contributed by atoms with Crippen molar-refractivity contribution in [1.82, 2.24) is 15.1 Å². The van der Waals surface area contributed by atoms with Crippen LogP contribution in [0.15, 0.2) is 0 Å². The quantitative estimate of drug-likeness (QED) is 0.755. The lowest BCUT2D eigenvalue weighted by molar-refractivity contribution is -0.141. The van der Waals surface area contributed by atoms with Gasteiger partial charge < -0.3 is 10.1 Å². The summed E-state index contributed by atoms with van der Waals surface area (Å²) in [5.41, 5.74) is -1.19. The highest BCUT2D eigenvalue weighted by molar-refractivity contribution is 6.07. The summed E-state index contributed by atoms with van der Waals surface area (Å²) in [6.07, 6.45) is 3.06. The summed E-state index contributed by atoms with van der Waals surface area (Å²) in [4.78, 5) is 29.3. The van der Waals surface area contributed by atoms with E-state index in [4.69, 9.17) is 4.74 Å². The molecule has 2 rings (SSSR count). The summed E-state index contributed by atoms with van der Waals surface area (Å²) in [6, 6.07) is -0.231. The van der Waals surface area contributed by atoms with E-state index in [1.165, 1.54) is 4.90 Å². The van der Waals surface area contributed by atoms with Gasteiger partial charge in [0.1, 0.15) is 5.54 Å². The number of imide groups is 1. The fourth-order valence-electron chi connectivity index (χ4n) is 4.77. The molecule has 0 unspecified atom stereocenters. The van der Waals surface area contributed by atoms with Crippen LogP contribution in [0.3, 0.4) is 0 Å². The Morgan fingerprint density at radius 3 is 2.17 bits per heavy atom. The third kappa shape index (κ3) is 3.31. The lowest BCUT2D eigenvalue weighted by Gasteiger charge is -2.57. The van der Waals surface area contributed by atoms with E-state index in [0.717, 1.165) is 19.4 Å². The highest BCUT2D eigenvalue weighted by Gasteiger charge is 2.60. The van der Waals surface area contributed by atoms with E-state index < -0.39 is 5.54 Å². The van der Waals surface area contributed by atoms with Crippen LogP contribution < -0.4 is 5.32 Å². The SMILES string of the molecule is CCCCN1C(=O)NC2(CC(C)(C)N(CCOC)C(C)(C)C2)C1=O. The molecular formula is C18H33N3O3. The molecule has 1 N–H and O–H groups in total. The number of nitrogens with zero attached hydrogens (tertiary/aromatic N) is 2. The van der Waals surface area contributed by atoms with Crippen molar-refractivity contribution in [3.05, 3.63) is 0 Å². The number of piperidine rings is 1. The minimum atomic E-state index is -0.776.